The van der Waals surface area contributed by atoms with E-state index in [2.05, 4.69) is 25.9 Å². The molecule has 1 aliphatic rings. The number of aryl methyl sites for hydroxylation is 2. The Morgan fingerprint density at radius 3 is 2.86 bits per heavy atom. The molecule has 1 aromatic carbocycles. The fraction of sp³-hybridized carbons (Fsp3) is 0.421. The second kappa shape index (κ2) is 9.72. The number of hydrogen-bond acceptors (Lipinski definition) is 7. The minimum atomic E-state index is -0.408. The van der Waals surface area contributed by atoms with Gasteiger partial charge < -0.3 is 20.1 Å². The van der Waals surface area contributed by atoms with Gasteiger partial charge in [0.05, 0.1) is 30.4 Å². The Labute approximate surface area is 168 Å². The molecule has 3 N–H and O–H groups in total. The molecule has 2 aromatic rings. The zero-order valence-electron chi connectivity index (χ0n) is 16.2. The number of urea groups is 1. The highest BCUT2D eigenvalue weighted by atomic mass is 32.2. The van der Waals surface area contributed by atoms with E-state index in [-0.39, 0.29) is 6.10 Å². The molecule has 1 fully saturated rings. The van der Waals surface area contributed by atoms with Crippen LogP contribution in [0.3, 0.4) is 0 Å². The Kier molecular flexibility index (Phi) is 7.07. The van der Waals surface area contributed by atoms with Crippen LogP contribution >= 0.6 is 11.8 Å². The lowest BCUT2D eigenvalue weighted by atomic mass is 10.2. The van der Waals surface area contributed by atoms with Crippen LogP contribution in [0.1, 0.15) is 11.3 Å². The number of rotatable bonds is 6. The summed E-state index contributed by atoms with van der Waals surface area (Å²) in [7, 11) is 0. The van der Waals surface area contributed by atoms with Crippen molar-refractivity contribution in [1.82, 2.24) is 15.3 Å². The van der Waals surface area contributed by atoms with E-state index in [1.165, 1.54) is 6.20 Å². The van der Waals surface area contributed by atoms with Gasteiger partial charge in [-0.1, -0.05) is 0 Å². The van der Waals surface area contributed by atoms with Crippen molar-refractivity contribution in [2.75, 3.05) is 43.2 Å². The van der Waals surface area contributed by atoms with Gasteiger partial charge in [0.1, 0.15) is 18.5 Å². The highest BCUT2D eigenvalue weighted by Crippen LogP contribution is 2.33. The van der Waals surface area contributed by atoms with E-state index in [1.807, 2.05) is 32.2 Å². The maximum atomic E-state index is 12.4. The van der Waals surface area contributed by atoms with Gasteiger partial charge in [-0.2, -0.15) is 0 Å². The molecule has 1 aromatic heterocycles. The smallest absolute Gasteiger partial charge is 0.324 e. The molecule has 0 unspecified atom stereocenters. The number of anilines is 2. The molecule has 3 rings (SSSR count). The molecule has 0 aliphatic carbocycles. The van der Waals surface area contributed by atoms with Crippen LogP contribution in [0.5, 0.6) is 5.75 Å². The first-order valence-corrected chi connectivity index (χ1v) is 10.3. The molecule has 1 saturated heterocycles. The Morgan fingerprint density at radius 2 is 2.18 bits per heavy atom. The zero-order chi connectivity index (χ0) is 19.9. The van der Waals surface area contributed by atoms with Crippen molar-refractivity contribution >= 4 is 29.3 Å². The predicted molar refractivity (Wildman–Crippen MR) is 110 cm³/mol. The summed E-state index contributed by atoms with van der Waals surface area (Å²) in [4.78, 5) is 21.8. The topological polar surface area (TPSA) is 97.4 Å². The van der Waals surface area contributed by atoms with Crippen molar-refractivity contribution in [1.29, 1.82) is 0 Å². The van der Waals surface area contributed by atoms with E-state index in [9.17, 15) is 4.79 Å². The monoisotopic (exact) mass is 403 g/mol. The van der Waals surface area contributed by atoms with E-state index >= 15 is 0 Å². The molecule has 2 heterocycles. The highest BCUT2D eigenvalue weighted by molar-refractivity contribution is 7.98. The molecule has 0 radical (unpaired) electrons. The number of amides is 2. The van der Waals surface area contributed by atoms with Gasteiger partial charge in [0, 0.05) is 18.0 Å². The maximum Gasteiger partial charge on any atom is 0.324 e. The number of carbonyl (C=O) groups excluding carboxylic acids is 1. The van der Waals surface area contributed by atoms with E-state index in [1.54, 1.807) is 18.0 Å². The van der Waals surface area contributed by atoms with Gasteiger partial charge >= 0.3 is 6.03 Å². The number of hydrogen-bond donors (Lipinski definition) is 3. The third kappa shape index (κ3) is 5.57. The minimum absolute atomic E-state index is 0.0164. The lowest BCUT2D eigenvalue weighted by molar-refractivity contribution is 0.000308. The molecule has 8 nitrogen and oxygen atoms in total. The van der Waals surface area contributed by atoms with Crippen LogP contribution in [-0.4, -0.2) is 54.7 Å². The number of nitrogens with zero attached hydrogens (tertiary/aromatic N) is 2. The summed E-state index contributed by atoms with van der Waals surface area (Å²) in [5.74, 6) is 0.985. The molecule has 1 aliphatic heterocycles. The summed E-state index contributed by atoms with van der Waals surface area (Å²) in [5, 5.41) is 8.80. The fourth-order valence-corrected chi connectivity index (χ4v) is 3.35. The largest absolute Gasteiger partial charge is 0.489 e. The number of nitrogens with one attached hydrogen (secondary N) is 3. The summed E-state index contributed by atoms with van der Waals surface area (Å²) < 4.78 is 11.7. The van der Waals surface area contributed by atoms with Gasteiger partial charge in [0.25, 0.3) is 0 Å². The Hall–Kier alpha value is -2.36. The molecular formula is C19H25N5O3S. The summed E-state index contributed by atoms with van der Waals surface area (Å²) in [5.41, 5.74) is 2.43. The molecule has 0 spiro atoms. The predicted octanol–water partition coefficient (Wildman–Crippen LogP) is 2.83. The highest BCUT2D eigenvalue weighted by Gasteiger charge is 2.17. The van der Waals surface area contributed by atoms with Gasteiger partial charge in [-0.05, 0) is 37.8 Å². The standard InChI is InChI=1S/C19H25N5O3S/c1-12-6-15(23-19(25)24-18-10-21-13(2)8-22-18)16(7-17(12)28-3)27-11-14-9-20-4-5-26-14/h6-8,10,14,20H,4-5,9,11H2,1-3H3,(H2,22,23,24,25)/t14-/m0/s1. The molecule has 1 atom stereocenters. The molecule has 0 bridgehead atoms. The number of benzene rings is 1. The average molecular weight is 404 g/mol. The maximum absolute atomic E-state index is 12.4. The van der Waals surface area contributed by atoms with Crippen LogP contribution < -0.4 is 20.7 Å². The number of thioether (sulfide) groups is 1. The molecule has 0 saturated carbocycles. The SMILES string of the molecule is CSc1cc(OC[C@@H]2CNCCO2)c(NC(=O)Nc2cnc(C)cn2)cc1C. The Morgan fingerprint density at radius 1 is 1.32 bits per heavy atom. The van der Waals surface area contributed by atoms with Crippen molar-refractivity contribution in [3.8, 4) is 5.75 Å². The van der Waals surface area contributed by atoms with Crippen LogP contribution in [0.25, 0.3) is 0 Å². The summed E-state index contributed by atoms with van der Waals surface area (Å²) in [6, 6.07) is 3.44. The normalized spacial score (nSPS) is 16.5. The third-order valence-corrected chi connectivity index (χ3v) is 5.08. The Bertz CT molecular complexity index is 810. The lowest BCUT2D eigenvalue weighted by Crippen LogP contribution is -2.41. The second-order valence-corrected chi connectivity index (χ2v) is 7.30. The van der Waals surface area contributed by atoms with Crippen molar-refractivity contribution in [3.05, 3.63) is 35.8 Å². The molecular weight excluding hydrogens is 378 g/mol. The average Bonchev–Trinajstić information content (AvgIpc) is 2.70. The number of morpholine rings is 1. The summed E-state index contributed by atoms with van der Waals surface area (Å²) >= 11 is 1.63. The van der Waals surface area contributed by atoms with Gasteiger partial charge in [-0.3, -0.25) is 10.3 Å². The zero-order valence-corrected chi connectivity index (χ0v) is 17.1. The lowest BCUT2D eigenvalue weighted by Gasteiger charge is -2.24. The van der Waals surface area contributed by atoms with Gasteiger partial charge in [0.2, 0.25) is 0 Å². The summed E-state index contributed by atoms with van der Waals surface area (Å²) in [6.45, 7) is 6.51. The van der Waals surface area contributed by atoms with E-state index in [0.717, 1.165) is 29.2 Å². The van der Waals surface area contributed by atoms with Crippen molar-refractivity contribution in [3.63, 3.8) is 0 Å². The van der Waals surface area contributed by atoms with Crippen LogP contribution in [-0.2, 0) is 4.74 Å². The van der Waals surface area contributed by atoms with Gasteiger partial charge in [-0.25, -0.2) is 9.78 Å². The Balaban J connectivity index is 1.71. The van der Waals surface area contributed by atoms with E-state index in [4.69, 9.17) is 9.47 Å². The number of aromatic nitrogens is 2. The molecule has 9 heteroatoms. The second-order valence-electron chi connectivity index (χ2n) is 6.45. The number of carbonyl (C=O) groups is 1. The van der Waals surface area contributed by atoms with Gasteiger partial charge in [0.15, 0.2) is 5.82 Å². The summed E-state index contributed by atoms with van der Waals surface area (Å²) in [6.07, 6.45) is 5.11. The minimum Gasteiger partial charge on any atom is -0.489 e. The molecule has 2 amide bonds. The van der Waals surface area contributed by atoms with Crippen LogP contribution in [0.2, 0.25) is 0 Å². The number of ether oxygens (including phenoxy) is 2. The van der Waals surface area contributed by atoms with Crippen molar-refractivity contribution in [2.24, 2.45) is 0 Å². The first kappa shape index (κ1) is 20.4. The first-order valence-electron chi connectivity index (χ1n) is 9.05. The molecule has 28 heavy (non-hydrogen) atoms. The fourth-order valence-electron chi connectivity index (χ4n) is 2.74. The van der Waals surface area contributed by atoms with Crippen LogP contribution in [0, 0.1) is 13.8 Å². The van der Waals surface area contributed by atoms with Crippen molar-refractivity contribution in [2.45, 2.75) is 24.8 Å². The van der Waals surface area contributed by atoms with E-state index in [0.29, 0.717) is 30.5 Å². The third-order valence-electron chi connectivity index (χ3n) is 4.20. The first-order chi connectivity index (χ1) is 13.5. The van der Waals surface area contributed by atoms with Crippen LogP contribution in [0.15, 0.2) is 29.4 Å². The quantitative estimate of drug-likeness (QED) is 0.638. The van der Waals surface area contributed by atoms with Gasteiger partial charge in [-0.15, -0.1) is 11.8 Å². The van der Waals surface area contributed by atoms with Crippen LogP contribution in [0.4, 0.5) is 16.3 Å². The van der Waals surface area contributed by atoms with E-state index < -0.39 is 6.03 Å². The van der Waals surface area contributed by atoms with Crippen molar-refractivity contribution < 1.29 is 14.3 Å². The molecule has 150 valence electrons.